The van der Waals surface area contributed by atoms with Crippen LogP contribution in [0, 0.1) is 12.3 Å². The zero-order valence-corrected chi connectivity index (χ0v) is 10.0. The van der Waals surface area contributed by atoms with Gasteiger partial charge in [0.1, 0.15) is 5.75 Å². The molecule has 0 unspecified atom stereocenters. The van der Waals surface area contributed by atoms with Crippen LogP contribution in [0.15, 0.2) is 18.2 Å². The number of hydrogen-bond donors (Lipinski definition) is 0. The Kier molecular flexibility index (Phi) is 3.18. The third kappa shape index (κ3) is 2.82. The zero-order chi connectivity index (χ0) is 11.6. The Labute approximate surface area is 91.3 Å². The fraction of sp³-hybridized carbons (Fsp3) is 0.462. The van der Waals surface area contributed by atoms with Gasteiger partial charge in [-0.25, -0.2) is 0 Å². The summed E-state index contributed by atoms with van der Waals surface area (Å²) in [4.78, 5) is 12.0. The van der Waals surface area contributed by atoms with Crippen molar-refractivity contribution in [1.29, 1.82) is 0 Å². The summed E-state index contributed by atoms with van der Waals surface area (Å²) < 4.78 is 5.15. The SMILES string of the molecule is COc1cc(C)cc(C(=O)C(C)(C)C)c1. The molecule has 15 heavy (non-hydrogen) atoms. The second-order valence-corrected chi connectivity index (χ2v) is 4.82. The van der Waals surface area contributed by atoms with E-state index in [1.807, 2.05) is 39.8 Å². The first-order valence-electron chi connectivity index (χ1n) is 5.05. The van der Waals surface area contributed by atoms with Gasteiger partial charge in [-0.05, 0) is 30.7 Å². The molecule has 0 bridgehead atoms. The van der Waals surface area contributed by atoms with Crippen LogP contribution >= 0.6 is 0 Å². The maximum atomic E-state index is 12.0. The number of carbonyl (C=O) groups excluding carboxylic acids is 1. The first-order valence-corrected chi connectivity index (χ1v) is 5.05. The van der Waals surface area contributed by atoms with Gasteiger partial charge in [0.05, 0.1) is 7.11 Å². The minimum absolute atomic E-state index is 0.143. The smallest absolute Gasteiger partial charge is 0.168 e. The van der Waals surface area contributed by atoms with Crippen molar-refractivity contribution in [3.05, 3.63) is 29.3 Å². The number of rotatable bonds is 2. The highest BCUT2D eigenvalue weighted by atomic mass is 16.5. The van der Waals surface area contributed by atoms with Crippen molar-refractivity contribution >= 4 is 5.78 Å². The lowest BCUT2D eigenvalue weighted by Gasteiger charge is -2.17. The summed E-state index contributed by atoms with van der Waals surface area (Å²) in [5, 5.41) is 0. The Hall–Kier alpha value is -1.31. The molecule has 1 aromatic rings. The number of methoxy groups -OCH3 is 1. The van der Waals surface area contributed by atoms with Crippen LogP contribution in [0.2, 0.25) is 0 Å². The first kappa shape index (κ1) is 11.8. The fourth-order valence-electron chi connectivity index (χ4n) is 1.43. The van der Waals surface area contributed by atoms with Gasteiger partial charge >= 0.3 is 0 Å². The van der Waals surface area contributed by atoms with E-state index >= 15 is 0 Å². The summed E-state index contributed by atoms with van der Waals surface area (Å²) >= 11 is 0. The van der Waals surface area contributed by atoms with E-state index in [1.54, 1.807) is 13.2 Å². The van der Waals surface area contributed by atoms with Crippen LogP contribution in [0.1, 0.15) is 36.7 Å². The molecular formula is C13H18O2. The number of ketones is 1. The third-order valence-corrected chi connectivity index (χ3v) is 2.23. The Morgan fingerprint density at radius 1 is 1.20 bits per heavy atom. The van der Waals surface area contributed by atoms with Crippen LogP contribution in [-0.4, -0.2) is 12.9 Å². The molecule has 0 aliphatic heterocycles. The van der Waals surface area contributed by atoms with E-state index in [2.05, 4.69) is 0 Å². The molecule has 0 aliphatic carbocycles. The standard InChI is InChI=1S/C13H18O2/c1-9-6-10(8-11(7-9)15-5)12(14)13(2,3)4/h6-8H,1-5H3. The number of carbonyl (C=O) groups is 1. The van der Waals surface area contributed by atoms with Crippen molar-refractivity contribution in [2.24, 2.45) is 5.41 Å². The van der Waals surface area contributed by atoms with Crippen LogP contribution in [0.4, 0.5) is 0 Å². The maximum absolute atomic E-state index is 12.0. The topological polar surface area (TPSA) is 26.3 Å². The number of Topliss-reactive ketones (excluding diaryl/α,β-unsaturated/α-hetero) is 1. The van der Waals surface area contributed by atoms with Crippen molar-refractivity contribution in [2.45, 2.75) is 27.7 Å². The van der Waals surface area contributed by atoms with Crippen molar-refractivity contribution in [3.8, 4) is 5.75 Å². The quantitative estimate of drug-likeness (QED) is 0.694. The molecular weight excluding hydrogens is 188 g/mol. The van der Waals surface area contributed by atoms with Crippen LogP contribution < -0.4 is 4.74 Å². The molecule has 2 heteroatoms. The molecule has 0 saturated carbocycles. The lowest BCUT2D eigenvalue weighted by Crippen LogP contribution is -2.20. The molecule has 1 aromatic carbocycles. The van der Waals surface area contributed by atoms with E-state index in [1.165, 1.54) is 0 Å². The molecule has 82 valence electrons. The molecule has 0 fully saturated rings. The fourth-order valence-corrected chi connectivity index (χ4v) is 1.43. The highest BCUT2D eigenvalue weighted by Crippen LogP contribution is 2.24. The van der Waals surface area contributed by atoms with Gasteiger partial charge in [0.25, 0.3) is 0 Å². The minimum atomic E-state index is -0.348. The maximum Gasteiger partial charge on any atom is 0.168 e. The van der Waals surface area contributed by atoms with Crippen LogP contribution in [-0.2, 0) is 0 Å². The van der Waals surface area contributed by atoms with Gasteiger partial charge in [-0.1, -0.05) is 20.8 Å². The highest BCUT2D eigenvalue weighted by molar-refractivity contribution is 6.00. The molecule has 0 N–H and O–H groups in total. The number of benzene rings is 1. The second kappa shape index (κ2) is 4.05. The predicted molar refractivity (Wildman–Crippen MR) is 61.5 cm³/mol. The van der Waals surface area contributed by atoms with Crippen LogP contribution in [0.25, 0.3) is 0 Å². The van der Waals surface area contributed by atoms with E-state index in [9.17, 15) is 4.79 Å². The molecule has 0 aliphatic rings. The summed E-state index contributed by atoms with van der Waals surface area (Å²) in [6, 6.07) is 5.61. The van der Waals surface area contributed by atoms with Gasteiger partial charge in [-0.15, -0.1) is 0 Å². The van der Waals surface area contributed by atoms with Gasteiger partial charge in [-0.2, -0.15) is 0 Å². The number of ether oxygens (including phenoxy) is 1. The molecule has 0 spiro atoms. The summed E-state index contributed by atoms with van der Waals surface area (Å²) in [6.07, 6.45) is 0. The van der Waals surface area contributed by atoms with Gasteiger partial charge in [0, 0.05) is 11.0 Å². The molecule has 0 amide bonds. The van der Waals surface area contributed by atoms with E-state index < -0.39 is 0 Å². The van der Waals surface area contributed by atoms with Gasteiger partial charge in [0.2, 0.25) is 0 Å². The Bertz CT molecular complexity index is 373. The largest absolute Gasteiger partial charge is 0.497 e. The minimum Gasteiger partial charge on any atom is -0.497 e. The first-order chi connectivity index (χ1) is 6.84. The van der Waals surface area contributed by atoms with Crippen molar-refractivity contribution in [3.63, 3.8) is 0 Å². The third-order valence-electron chi connectivity index (χ3n) is 2.23. The summed E-state index contributed by atoms with van der Waals surface area (Å²) in [6.45, 7) is 7.72. The number of aryl methyl sites for hydroxylation is 1. The molecule has 0 atom stereocenters. The molecule has 0 aromatic heterocycles. The lowest BCUT2D eigenvalue weighted by molar-refractivity contribution is 0.0858. The molecule has 0 saturated heterocycles. The van der Waals surface area contributed by atoms with Gasteiger partial charge < -0.3 is 4.74 Å². The summed E-state index contributed by atoms with van der Waals surface area (Å²) in [7, 11) is 1.61. The van der Waals surface area contributed by atoms with E-state index in [0.29, 0.717) is 0 Å². The van der Waals surface area contributed by atoms with Gasteiger partial charge in [0.15, 0.2) is 5.78 Å². The molecule has 0 radical (unpaired) electrons. The second-order valence-electron chi connectivity index (χ2n) is 4.82. The average Bonchev–Trinajstić information content (AvgIpc) is 2.14. The van der Waals surface area contributed by atoms with Crippen molar-refractivity contribution in [1.82, 2.24) is 0 Å². The normalized spacial score (nSPS) is 11.3. The summed E-state index contributed by atoms with van der Waals surface area (Å²) in [5.41, 5.74) is 1.42. The zero-order valence-electron chi connectivity index (χ0n) is 10.0. The monoisotopic (exact) mass is 206 g/mol. The Balaban J connectivity index is 3.15. The molecule has 1 rings (SSSR count). The summed E-state index contributed by atoms with van der Waals surface area (Å²) in [5.74, 6) is 0.882. The predicted octanol–water partition coefficient (Wildman–Crippen LogP) is 3.23. The Morgan fingerprint density at radius 2 is 1.80 bits per heavy atom. The van der Waals surface area contributed by atoms with Crippen LogP contribution in [0.3, 0.4) is 0 Å². The molecule has 0 heterocycles. The number of hydrogen-bond acceptors (Lipinski definition) is 2. The van der Waals surface area contributed by atoms with E-state index in [0.717, 1.165) is 16.9 Å². The van der Waals surface area contributed by atoms with E-state index in [4.69, 9.17) is 4.74 Å². The van der Waals surface area contributed by atoms with Gasteiger partial charge in [-0.3, -0.25) is 4.79 Å². The molecule has 2 nitrogen and oxygen atoms in total. The average molecular weight is 206 g/mol. The van der Waals surface area contributed by atoms with Crippen LogP contribution in [0.5, 0.6) is 5.75 Å². The lowest BCUT2D eigenvalue weighted by atomic mass is 9.86. The van der Waals surface area contributed by atoms with Crippen molar-refractivity contribution < 1.29 is 9.53 Å². The van der Waals surface area contributed by atoms with E-state index in [-0.39, 0.29) is 11.2 Å². The van der Waals surface area contributed by atoms with Crippen molar-refractivity contribution in [2.75, 3.05) is 7.11 Å². The highest BCUT2D eigenvalue weighted by Gasteiger charge is 2.23. The Morgan fingerprint density at radius 3 is 2.27 bits per heavy atom.